The topological polar surface area (TPSA) is 174 Å². The van der Waals surface area contributed by atoms with Crippen LogP contribution in [0.2, 0.25) is 0 Å². The second kappa shape index (κ2) is 14.1. The van der Waals surface area contributed by atoms with Gasteiger partial charge in [-0.3, -0.25) is 24.0 Å². The molecule has 2 aliphatic carbocycles. The number of benzene rings is 1. The molecule has 0 spiro atoms. The minimum absolute atomic E-state index is 0.0202. The average Bonchev–Trinajstić information content (AvgIpc) is 3.99. The Morgan fingerprint density at radius 2 is 1.92 bits per heavy atom. The number of hydrogen-bond acceptors (Lipinski definition) is 10. The fraction of sp³-hybridized carbons (Fsp3) is 0.571. The Bertz CT molecular complexity index is 1770. The summed E-state index contributed by atoms with van der Waals surface area (Å²) in [7, 11) is -0.835. The standard InChI is InChI=1S/C35H47N5O9S/c1-8-10-27(39(6)33(44)49-34(3,4)5)31(42)40-20-24(48-30-26-14-11-23(47-7)17-21(26)15-16-36-30)18-28(40)29(41)37-35(19-22(35)9-2)32(43)38-50(45,46)25-12-13-25/h9,11,14-17,22,24-25,27-28H,2,8,10,12-13,18-20H2,1,3-7H3,(H,37,41)(H,38,43)/t22?,24-,27+,28+,35-/m1/s1. The average molecular weight is 714 g/mol. The van der Waals surface area contributed by atoms with Crippen LogP contribution in [0.5, 0.6) is 11.6 Å². The normalized spacial score (nSPS) is 23.8. The first-order chi connectivity index (χ1) is 23.5. The van der Waals surface area contributed by atoms with Crippen molar-refractivity contribution in [2.24, 2.45) is 5.92 Å². The van der Waals surface area contributed by atoms with Gasteiger partial charge in [0.25, 0.3) is 5.91 Å². The molecule has 3 aliphatic rings. The molecule has 1 saturated heterocycles. The van der Waals surface area contributed by atoms with Gasteiger partial charge < -0.3 is 24.4 Å². The van der Waals surface area contributed by atoms with Gasteiger partial charge in [0.1, 0.15) is 35.1 Å². The number of ether oxygens (including phenoxy) is 3. The molecule has 50 heavy (non-hydrogen) atoms. The number of nitrogens with zero attached hydrogens (tertiary/aromatic N) is 3. The van der Waals surface area contributed by atoms with Crippen molar-refractivity contribution < 1.29 is 41.8 Å². The van der Waals surface area contributed by atoms with Gasteiger partial charge in [0.05, 0.1) is 18.9 Å². The number of carbonyl (C=O) groups is 4. The van der Waals surface area contributed by atoms with Gasteiger partial charge in [-0.25, -0.2) is 18.2 Å². The number of fused-ring (bicyclic) bond motifs is 1. The Kier molecular flexibility index (Phi) is 10.4. The van der Waals surface area contributed by atoms with Crippen LogP contribution in [0.15, 0.2) is 43.1 Å². The van der Waals surface area contributed by atoms with Crippen molar-refractivity contribution in [2.75, 3.05) is 20.7 Å². The maximum Gasteiger partial charge on any atom is 0.410 e. The molecule has 5 rings (SSSR count). The van der Waals surface area contributed by atoms with Crippen LogP contribution < -0.4 is 19.5 Å². The summed E-state index contributed by atoms with van der Waals surface area (Å²) in [4.78, 5) is 62.1. The Balaban J connectivity index is 1.44. The van der Waals surface area contributed by atoms with Crippen LogP contribution in [0.1, 0.15) is 66.2 Å². The lowest BCUT2D eigenvalue weighted by atomic mass is 10.1. The minimum atomic E-state index is -3.89. The Morgan fingerprint density at radius 3 is 2.52 bits per heavy atom. The third-order valence-corrected chi connectivity index (χ3v) is 11.1. The van der Waals surface area contributed by atoms with Crippen molar-refractivity contribution in [3.63, 3.8) is 0 Å². The molecule has 0 radical (unpaired) electrons. The zero-order valence-corrected chi connectivity index (χ0v) is 30.2. The second-order valence-corrected chi connectivity index (χ2v) is 16.2. The van der Waals surface area contributed by atoms with Crippen LogP contribution in [0.3, 0.4) is 0 Å². The van der Waals surface area contributed by atoms with Crippen molar-refractivity contribution in [2.45, 2.75) is 101 Å². The number of hydrogen-bond donors (Lipinski definition) is 2. The number of amides is 4. The van der Waals surface area contributed by atoms with E-state index in [1.807, 2.05) is 25.1 Å². The molecule has 272 valence electrons. The third-order valence-electron chi connectivity index (χ3n) is 9.31. The van der Waals surface area contributed by atoms with Crippen molar-refractivity contribution in [1.29, 1.82) is 0 Å². The Labute approximate surface area is 292 Å². The first-order valence-corrected chi connectivity index (χ1v) is 18.4. The molecular weight excluding hydrogens is 666 g/mol. The number of aromatic nitrogens is 1. The van der Waals surface area contributed by atoms with Crippen molar-refractivity contribution >= 4 is 44.6 Å². The zero-order chi connectivity index (χ0) is 36.6. The van der Waals surface area contributed by atoms with E-state index in [0.717, 1.165) is 5.39 Å². The third kappa shape index (κ3) is 7.82. The molecule has 2 aromatic rings. The molecule has 1 aliphatic heterocycles. The molecular formula is C35H47N5O9S. The molecule has 2 saturated carbocycles. The molecule has 15 heteroatoms. The van der Waals surface area contributed by atoms with E-state index < -0.39 is 74.3 Å². The molecule has 1 aromatic heterocycles. The summed E-state index contributed by atoms with van der Waals surface area (Å²) in [6.07, 6.45) is 3.67. The smallest absolute Gasteiger partial charge is 0.410 e. The number of methoxy groups -OCH3 is 1. The quantitative estimate of drug-likeness (QED) is 0.293. The summed E-state index contributed by atoms with van der Waals surface area (Å²) in [5.41, 5.74) is -2.34. The molecule has 1 unspecified atom stereocenters. The summed E-state index contributed by atoms with van der Waals surface area (Å²) in [5.74, 6) is -1.54. The van der Waals surface area contributed by atoms with Crippen LogP contribution in [-0.2, 0) is 29.1 Å². The van der Waals surface area contributed by atoms with E-state index >= 15 is 0 Å². The van der Waals surface area contributed by atoms with Crippen molar-refractivity contribution in [1.82, 2.24) is 24.8 Å². The molecule has 14 nitrogen and oxygen atoms in total. The van der Waals surface area contributed by atoms with Crippen LogP contribution in [0, 0.1) is 5.92 Å². The van der Waals surface area contributed by atoms with E-state index in [9.17, 15) is 27.6 Å². The Hall–Kier alpha value is -4.40. The molecule has 2 heterocycles. The molecule has 3 fully saturated rings. The SMILES string of the molecule is C=CC1C[C@]1(NC(=O)[C@@H]1C[C@@H](Oc2nccc3cc(OC)ccc23)CN1C(=O)[C@H](CCC)N(C)C(=O)OC(C)(C)C)C(=O)NS(=O)(=O)C1CC1. The van der Waals surface area contributed by atoms with E-state index in [-0.39, 0.29) is 19.4 Å². The first-order valence-electron chi connectivity index (χ1n) is 16.9. The van der Waals surface area contributed by atoms with Gasteiger partial charge in [0, 0.05) is 31.0 Å². The molecule has 4 amide bonds. The summed E-state index contributed by atoms with van der Waals surface area (Å²) >= 11 is 0. The van der Waals surface area contributed by atoms with E-state index in [0.29, 0.717) is 42.7 Å². The maximum absolute atomic E-state index is 14.4. The number of pyridine rings is 1. The number of rotatable bonds is 13. The Morgan fingerprint density at radius 1 is 1.20 bits per heavy atom. The van der Waals surface area contributed by atoms with Crippen molar-refractivity contribution in [3.8, 4) is 11.6 Å². The summed E-state index contributed by atoms with van der Waals surface area (Å²) in [6.45, 7) is 10.8. The molecule has 1 aromatic carbocycles. The van der Waals surface area contributed by atoms with Gasteiger partial charge in [-0.05, 0) is 76.1 Å². The lowest BCUT2D eigenvalue weighted by Gasteiger charge is -2.34. The predicted octanol–water partition coefficient (Wildman–Crippen LogP) is 3.30. The van der Waals surface area contributed by atoms with E-state index in [2.05, 4.69) is 21.6 Å². The van der Waals surface area contributed by atoms with E-state index in [1.54, 1.807) is 40.1 Å². The lowest BCUT2D eigenvalue weighted by molar-refractivity contribution is -0.143. The van der Waals surface area contributed by atoms with Gasteiger partial charge in [-0.1, -0.05) is 19.4 Å². The van der Waals surface area contributed by atoms with E-state index in [4.69, 9.17) is 14.2 Å². The number of carbonyl (C=O) groups excluding carboxylic acids is 4. The lowest BCUT2D eigenvalue weighted by Crippen LogP contribution is -2.58. The van der Waals surface area contributed by atoms with Crippen LogP contribution in [-0.4, -0.2) is 102 Å². The number of sulfonamides is 1. The van der Waals surface area contributed by atoms with Crippen LogP contribution in [0.25, 0.3) is 10.8 Å². The van der Waals surface area contributed by atoms with E-state index in [1.165, 1.54) is 22.9 Å². The van der Waals surface area contributed by atoms with Gasteiger partial charge in [0.2, 0.25) is 27.7 Å². The summed E-state index contributed by atoms with van der Waals surface area (Å²) < 4.78 is 44.7. The number of likely N-dealkylation sites (N-methyl/N-ethyl adjacent to an activating group) is 1. The first kappa shape index (κ1) is 36.9. The molecule has 0 bridgehead atoms. The van der Waals surface area contributed by atoms with Gasteiger partial charge in [0.15, 0.2) is 0 Å². The largest absolute Gasteiger partial charge is 0.497 e. The number of nitrogens with one attached hydrogen (secondary N) is 2. The highest BCUT2D eigenvalue weighted by Gasteiger charge is 2.62. The second-order valence-electron chi connectivity index (χ2n) is 14.3. The monoisotopic (exact) mass is 713 g/mol. The van der Waals surface area contributed by atoms with Crippen LogP contribution in [0.4, 0.5) is 4.79 Å². The van der Waals surface area contributed by atoms with Crippen molar-refractivity contribution in [3.05, 3.63) is 43.1 Å². The highest BCUT2D eigenvalue weighted by Crippen LogP contribution is 2.45. The minimum Gasteiger partial charge on any atom is -0.497 e. The summed E-state index contributed by atoms with van der Waals surface area (Å²) in [6, 6.07) is 5.16. The zero-order valence-electron chi connectivity index (χ0n) is 29.4. The predicted molar refractivity (Wildman–Crippen MR) is 185 cm³/mol. The highest BCUT2D eigenvalue weighted by atomic mass is 32.2. The van der Waals surface area contributed by atoms with Gasteiger partial charge >= 0.3 is 6.09 Å². The van der Waals surface area contributed by atoms with Gasteiger partial charge in [-0.2, -0.15) is 0 Å². The molecule has 5 atom stereocenters. The van der Waals surface area contributed by atoms with Gasteiger partial charge in [-0.15, -0.1) is 6.58 Å². The van der Waals surface area contributed by atoms with Crippen LogP contribution >= 0.6 is 0 Å². The maximum atomic E-state index is 14.4. The fourth-order valence-corrected chi connectivity index (χ4v) is 7.67. The fourth-order valence-electron chi connectivity index (χ4n) is 6.31. The highest BCUT2D eigenvalue weighted by molar-refractivity contribution is 7.91. The number of likely N-dealkylation sites (tertiary alicyclic amines) is 1. The summed E-state index contributed by atoms with van der Waals surface area (Å²) in [5, 5.41) is 3.67. The molecule has 2 N–H and O–H groups in total.